The predicted octanol–water partition coefficient (Wildman–Crippen LogP) is 2.27. The summed E-state index contributed by atoms with van der Waals surface area (Å²) in [5, 5.41) is 6.94. The number of amides is 1. The Morgan fingerprint density at radius 1 is 1.13 bits per heavy atom. The van der Waals surface area contributed by atoms with E-state index in [1.807, 2.05) is 30.3 Å². The van der Waals surface area contributed by atoms with Crippen LogP contribution in [0.3, 0.4) is 0 Å². The number of hydrogen-bond acceptors (Lipinski definition) is 5. The normalized spacial score (nSPS) is 10.3. The summed E-state index contributed by atoms with van der Waals surface area (Å²) in [6, 6.07) is 14.8. The molecule has 0 unspecified atom stereocenters. The summed E-state index contributed by atoms with van der Waals surface area (Å²) in [6.45, 7) is 0.140. The predicted molar refractivity (Wildman–Crippen MR) is 90.2 cm³/mol. The standard InChI is InChI=1S/C17H19N3O3/c1-22-15-9-8-13(16(10-15)23-2)11-19-20-17(21)12-18-14-6-4-3-5-7-14/h3-11,18H,12H2,1-2H3,(H,20,21)/b19-11+. The molecular weight excluding hydrogens is 294 g/mol. The first-order valence-electron chi connectivity index (χ1n) is 7.06. The molecule has 0 fully saturated rings. The zero-order valence-corrected chi connectivity index (χ0v) is 13.1. The van der Waals surface area contributed by atoms with Gasteiger partial charge in [-0.2, -0.15) is 5.10 Å². The fourth-order valence-corrected chi connectivity index (χ4v) is 1.88. The van der Waals surface area contributed by atoms with Crippen LogP contribution in [0.1, 0.15) is 5.56 Å². The molecule has 6 heteroatoms. The monoisotopic (exact) mass is 313 g/mol. The fourth-order valence-electron chi connectivity index (χ4n) is 1.88. The molecule has 0 spiro atoms. The smallest absolute Gasteiger partial charge is 0.259 e. The molecule has 120 valence electrons. The number of para-hydroxylation sites is 1. The summed E-state index contributed by atoms with van der Waals surface area (Å²) in [5.41, 5.74) is 4.08. The third-order valence-corrected chi connectivity index (χ3v) is 3.06. The number of carbonyl (C=O) groups excluding carboxylic acids is 1. The summed E-state index contributed by atoms with van der Waals surface area (Å²) in [5.74, 6) is 1.07. The highest BCUT2D eigenvalue weighted by atomic mass is 16.5. The van der Waals surface area contributed by atoms with Crippen molar-refractivity contribution >= 4 is 17.8 Å². The zero-order valence-electron chi connectivity index (χ0n) is 13.1. The van der Waals surface area contributed by atoms with Crippen LogP contribution in [0.4, 0.5) is 5.69 Å². The quantitative estimate of drug-likeness (QED) is 0.607. The number of ether oxygens (including phenoxy) is 2. The topological polar surface area (TPSA) is 72.0 Å². The van der Waals surface area contributed by atoms with Gasteiger partial charge in [-0.1, -0.05) is 18.2 Å². The number of nitrogens with one attached hydrogen (secondary N) is 2. The third kappa shape index (κ3) is 5.03. The molecule has 23 heavy (non-hydrogen) atoms. The Balaban J connectivity index is 1.87. The number of anilines is 1. The van der Waals surface area contributed by atoms with Crippen molar-refractivity contribution in [3.63, 3.8) is 0 Å². The maximum Gasteiger partial charge on any atom is 0.259 e. The highest BCUT2D eigenvalue weighted by Crippen LogP contribution is 2.22. The third-order valence-electron chi connectivity index (χ3n) is 3.06. The van der Waals surface area contributed by atoms with Crippen LogP contribution in [0.25, 0.3) is 0 Å². The molecule has 0 aliphatic heterocycles. The minimum absolute atomic E-state index is 0.140. The van der Waals surface area contributed by atoms with Gasteiger partial charge in [0.1, 0.15) is 11.5 Å². The molecule has 2 N–H and O–H groups in total. The van der Waals surface area contributed by atoms with E-state index >= 15 is 0 Å². The number of carbonyl (C=O) groups is 1. The van der Waals surface area contributed by atoms with Crippen LogP contribution in [0.15, 0.2) is 53.6 Å². The number of rotatable bonds is 7. The van der Waals surface area contributed by atoms with Crippen LogP contribution >= 0.6 is 0 Å². The van der Waals surface area contributed by atoms with Crippen molar-refractivity contribution in [1.29, 1.82) is 0 Å². The molecule has 2 aromatic rings. The van der Waals surface area contributed by atoms with E-state index in [0.717, 1.165) is 11.3 Å². The Hall–Kier alpha value is -3.02. The maximum atomic E-state index is 11.7. The lowest BCUT2D eigenvalue weighted by atomic mass is 10.2. The molecule has 0 aromatic heterocycles. The van der Waals surface area contributed by atoms with Gasteiger partial charge in [-0.15, -0.1) is 0 Å². The van der Waals surface area contributed by atoms with Gasteiger partial charge in [0.15, 0.2) is 0 Å². The lowest BCUT2D eigenvalue weighted by Crippen LogP contribution is -2.25. The summed E-state index contributed by atoms with van der Waals surface area (Å²) < 4.78 is 10.4. The molecule has 0 aliphatic carbocycles. The molecule has 0 bridgehead atoms. The number of nitrogens with zero attached hydrogens (tertiary/aromatic N) is 1. The van der Waals surface area contributed by atoms with Crippen molar-refractivity contribution in [1.82, 2.24) is 5.43 Å². The van der Waals surface area contributed by atoms with Crippen LogP contribution in [0.5, 0.6) is 11.5 Å². The first kappa shape index (κ1) is 16.4. The van der Waals surface area contributed by atoms with Gasteiger partial charge in [0.05, 0.1) is 27.0 Å². The van der Waals surface area contributed by atoms with Crippen LogP contribution in [0.2, 0.25) is 0 Å². The van der Waals surface area contributed by atoms with E-state index in [9.17, 15) is 4.79 Å². The summed E-state index contributed by atoms with van der Waals surface area (Å²) in [6.07, 6.45) is 1.53. The minimum atomic E-state index is -0.238. The van der Waals surface area contributed by atoms with E-state index in [2.05, 4.69) is 15.8 Å². The number of methoxy groups -OCH3 is 2. The molecule has 2 aromatic carbocycles. The number of hydrogen-bond donors (Lipinski definition) is 2. The largest absolute Gasteiger partial charge is 0.497 e. The van der Waals surface area contributed by atoms with E-state index in [4.69, 9.17) is 9.47 Å². The van der Waals surface area contributed by atoms with Crippen molar-refractivity contribution in [3.05, 3.63) is 54.1 Å². The molecule has 0 saturated heterocycles. The molecule has 0 atom stereocenters. The van der Waals surface area contributed by atoms with Crippen molar-refractivity contribution in [3.8, 4) is 11.5 Å². The van der Waals surface area contributed by atoms with E-state index in [-0.39, 0.29) is 12.5 Å². The van der Waals surface area contributed by atoms with Gasteiger partial charge in [0.2, 0.25) is 0 Å². The second kappa shape index (κ2) is 8.43. The minimum Gasteiger partial charge on any atom is -0.497 e. The average Bonchev–Trinajstić information content (AvgIpc) is 2.61. The molecule has 0 aliphatic rings. The first-order chi connectivity index (χ1) is 11.2. The summed E-state index contributed by atoms with van der Waals surface area (Å²) in [4.78, 5) is 11.7. The zero-order chi connectivity index (χ0) is 16.5. The van der Waals surface area contributed by atoms with E-state index in [1.54, 1.807) is 32.4 Å². The van der Waals surface area contributed by atoms with Gasteiger partial charge in [-0.25, -0.2) is 5.43 Å². The highest BCUT2D eigenvalue weighted by Gasteiger charge is 2.03. The SMILES string of the molecule is COc1ccc(/C=N/NC(=O)CNc2ccccc2)c(OC)c1. The van der Waals surface area contributed by atoms with Gasteiger partial charge < -0.3 is 14.8 Å². The first-order valence-corrected chi connectivity index (χ1v) is 7.06. The molecule has 0 saturated carbocycles. The van der Waals surface area contributed by atoms with E-state index in [0.29, 0.717) is 11.5 Å². The Morgan fingerprint density at radius 2 is 1.91 bits per heavy atom. The van der Waals surface area contributed by atoms with Crippen molar-refractivity contribution in [2.45, 2.75) is 0 Å². The van der Waals surface area contributed by atoms with Gasteiger partial charge in [0, 0.05) is 17.3 Å². The van der Waals surface area contributed by atoms with Gasteiger partial charge in [-0.3, -0.25) is 4.79 Å². The van der Waals surface area contributed by atoms with Gasteiger partial charge >= 0.3 is 0 Å². The summed E-state index contributed by atoms with van der Waals surface area (Å²) >= 11 is 0. The second-order valence-corrected chi connectivity index (χ2v) is 4.62. The summed E-state index contributed by atoms with van der Waals surface area (Å²) in [7, 11) is 3.15. The fraction of sp³-hybridized carbons (Fsp3) is 0.176. The molecular formula is C17H19N3O3. The molecule has 1 amide bonds. The highest BCUT2D eigenvalue weighted by molar-refractivity contribution is 5.86. The van der Waals surface area contributed by atoms with Gasteiger partial charge in [-0.05, 0) is 24.3 Å². The average molecular weight is 313 g/mol. The van der Waals surface area contributed by atoms with Crippen LogP contribution in [0, 0.1) is 0 Å². The molecule has 0 heterocycles. The van der Waals surface area contributed by atoms with Crippen molar-refractivity contribution in [2.75, 3.05) is 26.1 Å². The van der Waals surface area contributed by atoms with Crippen LogP contribution < -0.4 is 20.2 Å². The Morgan fingerprint density at radius 3 is 2.61 bits per heavy atom. The van der Waals surface area contributed by atoms with Crippen LogP contribution in [-0.2, 0) is 4.79 Å². The lowest BCUT2D eigenvalue weighted by Gasteiger charge is -2.07. The molecule has 2 rings (SSSR count). The van der Waals surface area contributed by atoms with E-state index in [1.165, 1.54) is 6.21 Å². The Kier molecular flexibility index (Phi) is 5.99. The number of hydrazone groups is 1. The lowest BCUT2D eigenvalue weighted by molar-refractivity contribution is -0.119. The Bertz CT molecular complexity index is 672. The van der Waals surface area contributed by atoms with Crippen molar-refractivity contribution in [2.24, 2.45) is 5.10 Å². The second-order valence-electron chi connectivity index (χ2n) is 4.62. The van der Waals surface area contributed by atoms with Crippen molar-refractivity contribution < 1.29 is 14.3 Å². The molecule has 6 nitrogen and oxygen atoms in total. The van der Waals surface area contributed by atoms with Crippen LogP contribution in [-0.4, -0.2) is 32.9 Å². The number of benzene rings is 2. The molecule has 0 radical (unpaired) electrons. The van der Waals surface area contributed by atoms with E-state index < -0.39 is 0 Å². The Labute approximate surface area is 135 Å². The van der Waals surface area contributed by atoms with Gasteiger partial charge in [0.25, 0.3) is 5.91 Å². The maximum absolute atomic E-state index is 11.7.